The number of benzene rings is 2. The Hall–Kier alpha value is -3.37. The number of hydrogen-bond donors (Lipinski definition) is 3. The van der Waals surface area contributed by atoms with Crippen LogP contribution in [-0.2, 0) is 11.8 Å². The van der Waals surface area contributed by atoms with E-state index in [0.29, 0.717) is 27.3 Å². The van der Waals surface area contributed by atoms with Crippen LogP contribution in [-0.4, -0.2) is 43.4 Å². The van der Waals surface area contributed by atoms with Gasteiger partial charge in [0.1, 0.15) is 0 Å². The summed E-state index contributed by atoms with van der Waals surface area (Å²) >= 11 is 7.33. The summed E-state index contributed by atoms with van der Waals surface area (Å²) in [5.41, 5.74) is 0.850. The molecule has 2 amide bonds. The first kappa shape index (κ1) is 25.3. The molecule has 0 aliphatic carbocycles. The molecule has 0 fully saturated rings. The molecule has 0 saturated carbocycles. The van der Waals surface area contributed by atoms with Crippen LogP contribution >= 0.6 is 23.4 Å². The lowest BCUT2D eigenvalue weighted by atomic mass is 10.0. The van der Waals surface area contributed by atoms with Crippen LogP contribution in [0.25, 0.3) is 0 Å². The van der Waals surface area contributed by atoms with Crippen molar-refractivity contribution in [2.75, 3.05) is 11.1 Å². The third-order valence-corrected chi connectivity index (χ3v) is 6.29. The second kappa shape index (κ2) is 11.2. The minimum Gasteiger partial charge on any atom is -0.478 e. The monoisotopic (exact) mass is 501 g/mol. The van der Waals surface area contributed by atoms with Crippen molar-refractivity contribution in [2.24, 2.45) is 13.0 Å². The van der Waals surface area contributed by atoms with Gasteiger partial charge in [0.05, 0.1) is 27.9 Å². The van der Waals surface area contributed by atoms with Crippen LogP contribution in [0, 0.1) is 5.92 Å². The standard InChI is InChI=1S/C23H24ClN5O4S/c1-13(2)19(26-21(31)16-9-4-5-10-17(16)24)20-27-28-23(29(20)3)34-12-18(30)25-15-8-6-7-14(11-15)22(32)33/h4-11,13,19H,12H2,1-3H3,(H,25,30)(H,26,31)(H,32,33)/t19-/m0/s1. The Morgan fingerprint density at radius 1 is 1.12 bits per heavy atom. The van der Waals surface area contributed by atoms with Gasteiger partial charge in [0.15, 0.2) is 11.0 Å². The summed E-state index contributed by atoms with van der Waals surface area (Å²) in [6.07, 6.45) is 0. The number of aromatic nitrogens is 3. The molecule has 3 rings (SSSR count). The molecule has 1 aromatic heterocycles. The first-order valence-electron chi connectivity index (χ1n) is 10.4. The number of carbonyl (C=O) groups is 3. The maximum Gasteiger partial charge on any atom is 0.335 e. The number of thioether (sulfide) groups is 1. The molecule has 0 aliphatic heterocycles. The van der Waals surface area contributed by atoms with E-state index in [9.17, 15) is 14.4 Å². The van der Waals surface area contributed by atoms with Gasteiger partial charge in [-0.15, -0.1) is 10.2 Å². The number of nitrogens with zero attached hydrogens (tertiary/aromatic N) is 3. The Morgan fingerprint density at radius 3 is 2.53 bits per heavy atom. The highest BCUT2D eigenvalue weighted by Crippen LogP contribution is 2.25. The minimum absolute atomic E-state index is 0.0111. The van der Waals surface area contributed by atoms with E-state index < -0.39 is 12.0 Å². The fraction of sp³-hybridized carbons (Fsp3) is 0.261. The van der Waals surface area contributed by atoms with Gasteiger partial charge in [-0.25, -0.2) is 4.79 Å². The molecular weight excluding hydrogens is 478 g/mol. The fourth-order valence-electron chi connectivity index (χ4n) is 3.17. The van der Waals surface area contributed by atoms with E-state index in [-0.39, 0.29) is 29.0 Å². The van der Waals surface area contributed by atoms with Crippen LogP contribution < -0.4 is 10.6 Å². The number of hydrogen-bond acceptors (Lipinski definition) is 6. The van der Waals surface area contributed by atoms with Crippen LogP contribution in [0.3, 0.4) is 0 Å². The number of rotatable bonds is 9. The molecule has 0 aliphatic rings. The summed E-state index contributed by atoms with van der Waals surface area (Å²) in [5.74, 6) is -1.10. The largest absolute Gasteiger partial charge is 0.478 e. The molecule has 0 saturated heterocycles. The number of aromatic carboxylic acids is 1. The molecule has 9 nitrogen and oxygen atoms in total. The summed E-state index contributed by atoms with van der Waals surface area (Å²) in [7, 11) is 1.77. The highest BCUT2D eigenvalue weighted by molar-refractivity contribution is 7.99. The van der Waals surface area contributed by atoms with E-state index in [2.05, 4.69) is 20.8 Å². The lowest BCUT2D eigenvalue weighted by molar-refractivity contribution is -0.113. The van der Waals surface area contributed by atoms with Gasteiger partial charge in [0, 0.05) is 12.7 Å². The maximum atomic E-state index is 12.8. The maximum absolute atomic E-state index is 12.8. The summed E-state index contributed by atoms with van der Waals surface area (Å²) in [4.78, 5) is 36.2. The third-order valence-electron chi connectivity index (χ3n) is 4.94. The van der Waals surface area contributed by atoms with Gasteiger partial charge < -0.3 is 20.3 Å². The molecule has 0 spiro atoms. The van der Waals surface area contributed by atoms with Crippen LogP contribution in [0.4, 0.5) is 5.69 Å². The SMILES string of the molecule is CC(C)[C@H](NC(=O)c1ccccc1Cl)c1nnc(SCC(=O)Nc2cccc(C(=O)O)c2)n1C. The molecule has 34 heavy (non-hydrogen) atoms. The molecule has 3 aromatic rings. The predicted molar refractivity (Wildman–Crippen MR) is 130 cm³/mol. The average Bonchev–Trinajstić information content (AvgIpc) is 3.16. The smallest absolute Gasteiger partial charge is 0.335 e. The van der Waals surface area contributed by atoms with Gasteiger partial charge in [0.2, 0.25) is 5.91 Å². The number of nitrogens with one attached hydrogen (secondary N) is 2. The molecule has 0 radical (unpaired) electrons. The van der Waals surface area contributed by atoms with E-state index >= 15 is 0 Å². The van der Waals surface area contributed by atoms with Gasteiger partial charge in [-0.2, -0.15) is 0 Å². The topological polar surface area (TPSA) is 126 Å². The summed E-state index contributed by atoms with van der Waals surface area (Å²) in [6, 6.07) is 12.4. The van der Waals surface area contributed by atoms with E-state index in [1.54, 1.807) is 48.0 Å². The molecular formula is C23H24ClN5O4S. The Bertz CT molecular complexity index is 1210. The molecule has 178 valence electrons. The van der Waals surface area contributed by atoms with Crippen molar-refractivity contribution in [3.8, 4) is 0 Å². The van der Waals surface area contributed by atoms with Crippen LogP contribution in [0.5, 0.6) is 0 Å². The second-order valence-electron chi connectivity index (χ2n) is 7.80. The molecule has 1 heterocycles. The Morgan fingerprint density at radius 2 is 1.85 bits per heavy atom. The fourth-order valence-corrected chi connectivity index (χ4v) is 4.11. The van der Waals surface area contributed by atoms with Crippen molar-refractivity contribution in [3.05, 3.63) is 70.5 Å². The number of carboxylic acid groups (broad SMARTS) is 1. The summed E-state index contributed by atoms with van der Waals surface area (Å²) in [5, 5.41) is 24.0. The zero-order valence-corrected chi connectivity index (χ0v) is 20.4. The van der Waals surface area contributed by atoms with Crippen LogP contribution in [0.2, 0.25) is 5.02 Å². The number of anilines is 1. The number of carboxylic acids is 1. The van der Waals surface area contributed by atoms with Gasteiger partial charge in [0.25, 0.3) is 5.91 Å². The Balaban J connectivity index is 1.67. The van der Waals surface area contributed by atoms with E-state index in [4.69, 9.17) is 16.7 Å². The lowest BCUT2D eigenvalue weighted by Gasteiger charge is -2.22. The average molecular weight is 502 g/mol. The highest BCUT2D eigenvalue weighted by atomic mass is 35.5. The summed E-state index contributed by atoms with van der Waals surface area (Å²) < 4.78 is 1.74. The molecule has 0 unspecified atom stereocenters. The lowest BCUT2D eigenvalue weighted by Crippen LogP contribution is -2.33. The van der Waals surface area contributed by atoms with Crippen molar-refractivity contribution < 1.29 is 19.5 Å². The summed E-state index contributed by atoms with van der Waals surface area (Å²) in [6.45, 7) is 3.91. The van der Waals surface area contributed by atoms with E-state index in [0.717, 1.165) is 0 Å². The zero-order valence-electron chi connectivity index (χ0n) is 18.8. The normalized spacial score (nSPS) is 11.8. The Kier molecular flexibility index (Phi) is 8.30. The van der Waals surface area contributed by atoms with Crippen molar-refractivity contribution in [1.29, 1.82) is 0 Å². The van der Waals surface area contributed by atoms with Crippen molar-refractivity contribution in [3.63, 3.8) is 0 Å². The zero-order chi connectivity index (χ0) is 24.8. The highest BCUT2D eigenvalue weighted by Gasteiger charge is 2.26. The van der Waals surface area contributed by atoms with Crippen LogP contribution in [0.15, 0.2) is 53.7 Å². The van der Waals surface area contributed by atoms with Gasteiger partial charge >= 0.3 is 5.97 Å². The quantitative estimate of drug-likeness (QED) is 0.378. The third kappa shape index (κ3) is 6.15. The molecule has 0 bridgehead atoms. The number of carbonyl (C=O) groups excluding carboxylic acids is 2. The van der Waals surface area contributed by atoms with E-state index in [1.165, 1.54) is 23.9 Å². The first-order valence-corrected chi connectivity index (χ1v) is 11.7. The van der Waals surface area contributed by atoms with Crippen LogP contribution in [0.1, 0.15) is 46.4 Å². The van der Waals surface area contributed by atoms with E-state index in [1.807, 2.05) is 13.8 Å². The molecule has 1 atom stereocenters. The van der Waals surface area contributed by atoms with Gasteiger partial charge in [-0.05, 0) is 36.2 Å². The Labute approximate surface area is 205 Å². The van der Waals surface area contributed by atoms with Gasteiger partial charge in [-0.1, -0.05) is 55.4 Å². The molecule has 11 heteroatoms. The number of halogens is 1. The number of amides is 2. The second-order valence-corrected chi connectivity index (χ2v) is 9.15. The minimum atomic E-state index is -1.07. The van der Waals surface area contributed by atoms with Crippen molar-refractivity contribution >= 4 is 46.8 Å². The van der Waals surface area contributed by atoms with Crippen molar-refractivity contribution in [2.45, 2.75) is 25.0 Å². The van der Waals surface area contributed by atoms with Crippen molar-refractivity contribution in [1.82, 2.24) is 20.1 Å². The molecule has 3 N–H and O–H groups in total. The predicted octanol–water partition coefficient (Wildman–Crippen LogP) is 4.02. The first-order chi connectivity index (χ1) is 16.2. The molecule has 2 aromatic carbocycles. The van der Waals surface area contributed by atoms with Gasteiger partial charge in [-0.3, -0.25) is 9.59 Å².